The number of amides is 2. The van der Waals surface area contributed by atoms with Gasteiger partial charge >= 0.3 is 0 Å². The number of benzene rings is 2. The average Bonchev–Trinajstić information content (AvgIpc) is 2.77. The number of rotatable bonds is 7. The van der Waals surface area contributed by atoms with Gasteiger partial charge in [-0.25, -0.2) is 0 Å². The molecule has 0 fully saturated rings. The summed E-state index contributed by atoms with van der Waals surface area (Å²) in [6.45, 7) is 0.573. The lowest BCUT2D eigenvalue weighted by Gasteiger charge is -2.17. The van der Waals surface area contributed by atoms with E-state index in [1.165, 1.54) is 22.7 Å². The van der Waals surface area contributed by atoms with E-state index in [-0.39, 0.29) is 17.5 Å². The lowest BCUT2D eigenvalue weighted by Crippen LogP contribution is -2.28. The Labute approximate surface area is 165 Å². The van der Waals surface area contributed by atoms with Crippen molar-refractivity contribution in [3.05, 3.63) is 95.8 Å². The summed E-state index contributed by atoms with van der Waals surface area (Å²) in [6, 6.07) is 22.6. The quantitative estimate of drug-likeness (QED) is 0.642. The molecule has 0 spiro atoms. The minimum atomic E-state index is -0.259. The van der Waals surface area contributed by atoms with Gasteiger partial charge in [-0.05, 0) is 42.7 Å². The van der Waals surface area contributed by atoms with E-state index in [0.29, 0.717) is 12.1 Å². The van der Waals surface area contributed by atoms with Gasteiger partial charge in [0.15, 0.2) is 0 Å². The number of hydrogen-bond acceptors (Lipinski definition) is 3. The maximum Gasteiger partial charge on any atom is 0.276 e. The normalized spacial score (nSPS) is 10.3. The molecule has 0 unspecified atom stereocenters. The lowest BCUT2D eigenvalue weighted by atomic mass is 10.1. The van der Waals surface area contributed by atoms with Crippen molar-refractivity contribution in [3.63, 3.8) is 0 Å². The van der Waals surface area contributed by atoms with Gasteiger partial charge in [0.1, 0.15) is 5.69 Å². The van der Waals surface area contributed by atoms with Crippen LogP contribution in [0, 0.1) is 0 Å². The van der Waals surface area contributed by atoms with Crippen LogP contribution in [0.2, 0.25) is 0 Å². The maximum atomic E-state index is 12.7. The summed E-state index contributed by atoms with van der Waals surface area (Å²) in [4.78, 5) is 30.7. The fourth-order valence-corrected chi connectivity index (χ4v) is 2.87. The van der Waals surface area contributed by atoms with E-state index in [4.69, 9.17) is 0 Å². The Balaban J connectivity index is 1.57. The Morgan fingerprint density at radius 2 is 1.64 bits per heavy atom. The van der Waals surface area contributed by atoms with Crippen molar-refractivity contribution >= 4 is 17.5 Å². The number of pyridine rings is 1. The molecule has 0 aliphatic carbocycles. The molecule has 3 rings (SSSR count). The molecule has 0 radical (unpaired) electrons. The van der Waals surface area contributed by atoms with E-state index in [2.05, 4.69) is 22.4 Å². The standard InChI is InChI=1S/C23H23N3O2/c1-26(20-12-6-3-7-13-20)23(28)21-17-19(14-16-24-21)22(27)25-15-8-11-18-9-4-2-5-10-18/h2-7,9-10,12-14,16-17H,8,11,15H2,1H3,(H,25,27). The highest BCUT2D eigenvalue weighted by Gasteiger charge is 2.16. The molecule has 0 aliphatic rings. The van der Waals surface area contributed by atoms with Crippen LogP contribution in [0.1, 0.15) is 32.8 Å². The number of nitrogens with one attached hydrogen (secondary N) is 1. The molecule has 1 aromatic heterocycles. The van der Waals surface area contributed by atoms with E-state index in [0.717, 1.165) is 18.5 Å². The van der Waals surface area contributed by atoms with Crippen LogP contribution in [0.15, 0.2) is 79.0 Å². The molecule has 0 atom stereocenters. The Morgan fingerprint density at radius 1 is 0.964 bits per heavy atom. The first kappa shape index (κ1) is 19.3. The number of nitrogens with zero attached hydrogens (tertiary/aromatic N) is 2. The van der Waals surface area contributed by atoms with E-state index >= 15 is 0 Å². The molecule has 1 heterocycles. The second-order valence-corrected chi connectivity index (χ2v) is 6.47. The van der Waals surface area contributed by atoms with Crippen LogP contribution in [0.3, 0.4) is 0 Å². The van der Waals surface area contributed by atoms with Gasteiger partial charge < -0.3 is 10.2 Å². The number of aryl methyl sites for hydroxylation is 1. The number of para-hydroxylation sites is 1. The maximum absolute atomic E-state index is 12.7. The SMILES string of the molecule is CN(C(=O)c1cc(C(=O)NCCCc2ccccc2)ccn1)c1ccccc1. The molecule has 0 saturated carbocycles. The van der Waals surface area contributed by atoms with E-state index in [1.54, 1.807) is 13.1 Å². The van der Waals surface area contributed by atoms with Gasteiger partial charge in [0.05, 0.1) is 0 Å². The zero-order valence-corrected chi connectivity index (χ0v) is 15.8. The minimum Gasteiger partial charge on any atom is -0.352 e. The number of carbonyl (C=O) groups is 2. The first-order valence-corrected chi connectivity index (χ1v) is 9.26. The van der Waals surface area contributed by atoms with Crippen LogP contribution in [0.25, 0.3) is 0 Å². The molecule has 5 nitrogen and oxygen atoms in total. The molecule has 0 saturated heterocycles. The second-order valence-electron chi connectivity index (χ2n) is 6.47. The van der Waals surface area contributed by atoms with Crippen molar-refractivity contribution in [2.45, 2.75) is 12.8 Å². The molecular weight excluding hydrogens is 350 g/mol. The number of anilines is 1. The molecule has 142 valence electrons. The van der Waals surface area contributed by atoms with Gasteiger partial charge in [-0.3, -0.25) is 14.6 Å². The highest BCUT2D eigenvalue weighted by molar-refractivity contribution is 6.06. The molecule has 2 amide bonds. The Morgan fingerprint density at radius 3 is 2.36 bits per heavy atom. The highest BCUT2D eigenvalue weighted by Crippen LogP contribution is 2.14. The largest absolute Gasteiger partial charge is 0.352 e. The van der Waals surface area contributed by atoms with Crippen LogP contribution < -0.4 is 10.2 Å². The summed E-state index contributed by atoms with van der Waals surface area (Å²) in [5.74, 6) is -0.461. The first-order valence-electron chi connectivity index (χ1n) is 9.26. The Bertz CT molecular complexity index is 927. The van der Waals surface area contributed by atoms with Crippen LogP contribution in [0.4, 0.5) is 5.69 Å². The van der Waals surface area contributed by atoms with E-state index < -0.39 is 0 Å². The fraction of sp³-hybridized carbons (Fsp3) is 0.174. The fourth-order valence-electron chi connectivity index (χ4n) is 2.87. The molecule has 1 N–H and O–H groups in total. The van der Waals surface area contributed by atoms with Crippen LogP contribution in [0.5, 0.6) is 0 Å². The zero-order valence-electron chi connectivity index (χ0n) is 15.8. The van der Waals surface area contributed by atoms with E-state index in [1.807, 2.05) is 48.5 Å². The van der Waals surface area contributed by atoms with Crippen molar-refractivity contribution in [1.82, 2.24) is 10.3 Å². The van der Waals surface area contributed by atoms with E-state index in [9.17, 15) is 9.59 Å². The Kier molecular flexibility index (Phi) is 6.52. The summed E-state index contributed by atoms with van der Waals surface area (Å²) >= 11 is 0. The molecule has 3 aromatic rings. The van der Waals surface area contributed by atoms with Gasteiger partial charge in [0.2, 0.25) is 0 Å². The van der Waals surface area contributed by atoms with Crippen molar-refractivity contribution < 1.29 is 9.59 Å². The van der Waals surface area contributed by atoms with Crippen LogP contribution in [-0.4, -0.2) is 30.4 Å². The average molecular weight is 373 g/mol. The molecular formula is C23H23N3O2. The molecule has 28 heavy (non-hydrogen) atoms. The zero-order chi connectivity index (χ0) is 19.8. The highest BCUT2D eigenvalue weighted by atomic mass is 16.2. The third kappa shape index (κ3) is 5.04. The molecule has 2 aromatic carbocycles. The summed E-state index contributed by atoms with van der Waals surface area (Å²) in [7, 11) is 1.69. The molecule has 0 aliphatic heterocycles. The Hall–Kier alpha value is -3.47. The number of carbonyl (C=O) groups excluding carboxylic acids is 2. The molecule has 0 bridgehead atoms. The lowest BCUT2D eigenvalue weighted by molar-refractivity contribution is 0.0953. The smallest absolute Gasteiger partial charge is 0.276 e. The number of aromatic nitrogens is 1. The van der Waals surface area contributed by atoms with Gasteiger partial charge in [-0.15, -0.1) is 0 Å². The summed E-state index contributed by atoms with van der Waals surface area (Å²) in [5.41, 5.74) is 2.69. The summed E-state index contributed by atoms with van der Waals surface area (Å²) < 4.78 is 0. The van der Waals surface area contributed by atoms with Gasteiger partial charge in [0, 0.05) is 31.0 Å². The summed E-state index contributed by atoms with van der Waals surface area (Å²) in [6.07, 6.45) is 3.25. The van der Waals surface area contributed by atoms with Crippen LogP contribution >= 0.6 is 0 Å². The van der Waals surface area contributed by atoms with Crippen molar-refractivity contribution in [2.75, 3.05) is 18.5 Å². The monoisotopic (exact) mass is 373 g/mol. The van der Waals surface area contributed by atoms with Crippen molar-refractivity contribution in [1.29, 1.82) is 0 Å². The third-order valence-corrected chi connectivity index (χ3v) is 4.46. The topological polar surface area (TPSA) is 62.3 Å². The summed E-state index contributed by atoms with van der Waals surface area (Å²) in [5, 5.41) is 2.90. The second kappa shape index (κ2) is 9.46. The number of hydrogen-bond donors (Lipinski definition) is 1. The van der Waals surface area contributed by atoms with Crippen LogP contribution in [-0.2, 0) is 6.42 Å². The van der Waals surface area contributed by atoms with Gasteiger partial charge in [-0.2, -0.15) is 0 Å². The predicted molar refractivity (Wildman–Crippen MR) is 111 cm³/mol. The molecule has 5 heteroatoms. The third-order valence-electron chi connectivity index (χ3n) is 4.46. The van der Waals surface area contributed by atoms with Gasteiger partial charge in [0.25, 0.3) is 11.8 Å². The van der Waals surface area contributed by atoms with Gasteiger partial charge in [-0.1, -0.05) is 48.5 Å². The predicted octanol–water partition coefficient (Wildman–Crippen LogP) is 3.72. The minimum absolute atomic E-state index is 0.202. The van der Waals surface area contributed by atoms with Crippen molar-refractivity contribution in [3.8, 4) is 0 Å². The first-order chi connectivity index (χ1) is 13.6. The van der Waals surface area contributed by atoms with Crippen molar-refractivity contribution in [2.24, 2.45) is 0 Å².